The summed E-state index contributed by atoms with van der Waals surface area (Å²) in [5.74, 6) is 2.01. The Kier molecular flexibility index (Phi) is 6.71. The van der Waals surface area contributed by atoms with Crippen molar-refractivity contribution in [1.29, 1.82) is 0 Å². The van der Waals surface area contributed by atoms with E-state index in [1.165, 1.54) is 0 Å². The summed E-state index contributed by atoms with van der Waals surface area (Å²) in [6, 6.07) is 13.3. The molecule has 0 spiro atoms. The smallest absolute Gasteiger partial charge is 0.188 e. The van der Waals surface area contributed by atoms with Crippen molar-refractivity contribution in [2.75, 3.05) is 26.8 Å². The molecule has 0 aliphatic rings. The molecule has 1 heterocycles. The number of guanidine groups is 1. The molecule has 1 aromatic heterocycles. The fourth-order valence-electron chi connectivity index (χ4n) is 1.91. The third-order valence-corrected chi connectivity index (χ3v) is 3.11. The molecule has 0 radical (unpaired) electrons. The normalized spacial score (nSPS) is 11.1. The second-order valence-electron chi connectivity index (χ2n) is 4.79. The first-order chi connectivity index (χ1) is 11.3. The van der Waals surface area contributed by atoms with Crippen molar-refractivity contribution in [3.8, 4) is 11.5 Å². The largest absolute Gasteiger partial charge is 0.497 e. The highest BCUT2D eigenvalue weighted by Gasteiger charge is 1.97. The van der Waals surface area contributed by atoms with Crippen LogP contribution < -0.4 is 20.5 Å². The van der Waals surface area contributed by atoms with Crippen molar-refractivity contribution in [2.45, 2.75) is 6.42 Å². The van der Waals surface area contributed by atoms with E-state index in [9.17, 15) is 0 Å². The Balaban J connectivity index is 1.62. The first-order valence-electron chi connectivity index (χ1n) is 7.48. The molecule has 0 unspecified atom stereocenters. The number of hydrogen-bond donors (Lipinski definition) is 2. The van der Waals surface area contributed by atoms with Crippen LogP contribution >= 0.6 is 0 Å². The molecule has 23 heavy (non-hydrogen) atoms. The zero-order valence-electron chi connectivity index (χ0n) is 13.2. The summed E-state index contributed by atoms with van der Waals surface area (Å²) < 4.78 is 10.7. The lowest BCUT2D eigenvalue weighted by atomic mass is 10.3. The van der Waals surface area contributed by atoms with Crippen molar-refractivity contribution < 1.29 is 9.47 Å². The van der Waals surface area contributed by atoms with Gasteiger partial charge in [0, 0.05) is 24.9 Å². The van der Waals surface area contributed by atoms with Gasteiger partial charge >= 0.3 is 0 Å². The molecule has 3 N–H and O–H groups in total. The van der Waals surface area contributed by atoms with Crippen LogP contribution in [0.15, 0.2) is 53.7 Å². The molecule has 0 amide bonds. The second-order valence-corrected chi connectivity index (χ2v) is 4.79. The minimum atomic E-state index is 0.416. The lowest BCUT2D eigenvalue weighted by Gasteiger charge is -2.08. The van der Waals surface area contributed by atoms with Crippen LogP contribution in [0.5, 0.6) is 11.5 Å². The number of hydrogen-bond acceptors (Lipinski definition) is 4. The fourth-order valence-corrected chi connectivity index (χ4v) is 1.91. The Hall–Kier alpha value is -2.76. The highest BCUT2D eigenvalue weighted by atomic mass is 16.5. The van der Waals surface area contributed by atoms with Gasteiger partial charge in [-0.15, -0.1) is 0 Å². The van der Waals surface area contributed by atoms with Gasteiger partial charge in [-0.25, -0.2) is 0 Å². The number of pyridine rings is 1. The molecule has 6 heteroatoms. The lowest BCUT2D eigenvalue weighted by molar-refractivity contribution is 0.321. The number of benzene rings is 1. The fraction of sp³-hybridized carbons (Fsp3) is 0.294. The molecule has 0 atom stereocenters. The maximum absolute atomic E-state index is 5.80. The molecule has 122 valence electrons. The Bertz CT molecular complexity index is 600. The number of rotatable bonds is 8. The third kappa shape index (κ3) is 6.25. The van der Waals surface area contributed by atoms with Gasteiger partial charge in [-0.3, -0.25) is 9.98 Å². The van der Waals surface area contributed by atoms with E-state index in [-0.39, 0.29) is 0 Å². The predicted molar refractivity (Wildman–Crippen MR) is 90.9 cm³/mol. The van der Waals surface area contributed by atoms with Crippen molar-refractivity contribution in [2.24, 2.45) is 10.7 Å². The highest BCUT2D eigenvalue weighted by Crippen LogP contribution is 2.16. The summed E-state index contributed by atoms with van der Waals surface area (Å²) in [7, 11) is 1.63. The number of aliphatic imine (C=N–C) groups is 1. The number of methoxy groups -OCH3 is 1. The van der Waals surface area contributed by atoms with Gasteiger partial charge in [0.1, 0.15) is 18.1 Å². The molecular formula is C17H22N4O2. The number of nitrogens with zero attached hydrogens (tertiary/aromatic N) is 2. The van der Waals surface area contributed by atoms with Crippen LogP contribution in [0, 0.1) is 0 Å². The summed E-state index contributed by atoms with van der Waals surface area (Å²) >= 11 is 0. The van der Waals surface area contributed by atoms with Crippen molar-refractivity contribution in [3.63, 3.8) is 0 Å². The van der Waals surface area contributed by atoms with E-state index in [0.29, 0.717) is 25.7 Å². The average Bonchev–Trinajstić information content (AvgIpc) is 2.60. The van der Waals surface area contributed by atoms with Crippen LogP contribution in [0.4, 0.5) is 0 Å². The van der Waals surface area contributed by atoms with E-state index in [1.54, 1.807) is 13.3 Å². The quantitative estimate of drug-likeness (QED) is 0.439. The van der Waals surface area contributed by atoms with Crippen molar-refractivity contribution >= 4 is 5.96 Å². The highest BCUT2D eigenvalue weighted by molar-refractivity contribution is 5.77. The molecule has 2 rings (SSSR count). The number of ether oxygens (including phenoxy) is 2. The van der Waals surface area contributed by atoms with Gasteiger partial charge in [0.15, 0.2) is 5.96 Å². The van der Waals surface area contributed by atoms with Crippen molar-refractivity contribution in [3.05, 3.63) is 54.4 Å². The molecule has 2 aromatic rings. The van der Waals surface area contributed by atoms with Crippen LogP contribution in [-0.2, 0) is 6.42 Å². The Morgan fingerprint density at radius 1 is 1.17 bits per heavy atom. The van der Waals surface area contributed by atoms with Gasteiger partial charge in [-0.05, 0) is 36.4 Å². The van der Waals surface area contributed by atoms with Gasteiger partial charge in [0.05, 0.1) is 13.7 Å². The molecule has 0 aliphatic heterocycles. The summed E-state index contributed by atoms with van der Waals surface area (Å²) in [6.45, 7) is 1.70. The minimum Gasteiger partial charge on any atom is -0.497 e. The first kappa shape index (κ1) is 16.6. The summed E-state index contributed by atoms with van der Waals surface area (Å²) in [6.07, 6.45) is 2.54. The van der Waals surface area contributed by atoms with E-state index in [0.717, 1.165) is 23.6 Å². The van der Waals surface area contributed by atoms with E-state index in [1.807, 2.05) is 42.5 Å². The van der Waals surface area contributed by atoms with Gasteiger partial charge in [0.25, 0.3) is 0 Å². The zero-order chi connectivity index (χ0) is 16.3. The molecule has 0 aliphatic carbocycles. The summed E-state index contributed by atoms with van der Waals surface area (Å²) in [4.78, 5) is 8.50. The van der Waals surface area contributed by atoms with Crippen LogP contribution in [0.1, 0.15) is 5.69 Å². The Morgan fingerprint density at radius 2 is 1.96 bits per heavy atom. The van der Waals surface area contributed by atoms with Gasteiger partial charge in [0.2, 0.25) is 0 Å². The molecule has 0 bridgehead atoms. The number of nitrogens with two attached hydrogens (primary N) is 1. The van der Waals surface area contributed by atoms with Gasteiger partial charge in [-0.2, -0.15) is 0 Å². The Labute approximate surface area is 136 Å². The van der Waals surface area contributed by atoms with E-state index in [2.05, 4.69) is 15.3 Å². The second kappa shape index (κ2) is 9.30. The number of nitrogens with one attached hydrogen (secondary N) is 1. The standard InChI is InChI=1S/C17H22N4O2/c1-22-15-5-7-16(8-6-15)23-13-12-21-17(18)20-11-9-14-4-2-3-10-19-14/h2-8,10H,9,11-13H2,1H3,(H3,18,20,21). The monoisotopic (exact) mass is 314 g/mol. The van der Waals surface area contributed by atoms with Crippen LogP contribution in [0.2, 0.25) is 0 Å². The topological polar surface area (TPSA) is 81.8 Å². The van der Waals surface area contributed by atoms with E-state index >= 15 is 0 Å². The zero-order valence-corrected chi connectivity index (χ0v) is 13.2. The first-order valence-corrected chi connectivity index (χ1v) is 7.48. The van der Waals surface area contributed by atoms with E-state index in [4.69, 9.17) is 15.2 Å². The molecular weight excluding hydrogens is 292 g/mol. The molecule has 6 nitrogen and oxygen atoms in total. The molecule has 0 saturated heterocycles. The minimum absolute atomic E-state index is 0.416. The Morgan fingerprint density at radius 3 is 2.65 bits per heavy atom. The SMILES string of the molecule is COc1ccc(OCCNC(N)=NCCc2ccccn2)cc1. The van der Waals surface area contributed by atoms with Crippen molar-refractivity contribution in [1.82, 2.24) is 10.3 Å². The third-order valence-electron chi connectivity index (χ3n) is 3.11. The van der Waals surface area contributed by atoms with Gasteiger partial charge < -0.3 is 20.5 Å². The summed E-state index contributed by atoms with van der Waals surface area (Å²) in [5.41, 5.74) is 6.81. The van der Waals surface area contributed by atoms with Crippen LogP contribution in [-0.4, -0.2) is 37.7 Å². The predicted octanol–water partition coefficient (Wildman–Crippen LogP) is 1.62. The lowest BCUT2D eigenvalue weighted by Crippen LogP contribution is -2.35. The molecule has 0 saturated carbocycles. The maximum Gasteiger partial charge on any atom is 0.188 e. The van der Waals surface area contributed by atoms with Crippen LogP contribution in [0.25, 0.3) is 0 Å². The average molecular weight is 314 g/mol. The summed E-state index contributed by atoms with van der Waals surface area (Å²) in [5, 5.41) is 3.02. The number of aromatic nitrogens is 1. The maximum atomic E-state index is 5.80. The molecule has 0 fully saturated rings. The van der Waals surface area contributed by atoms with Crippen LogP contribution in [0.3, 0.4) is 0 Å². The van der Waals surface area contributed by atoms with Gasteiger partial charge in [-0.1, -0.05) is 6.07 Å². The molecule has 1 aromatic carbocycles. The van der Waals surface area contributed by atoms with E-state index < -0.39 is 0 Å².